The number of rotatable bonds is 2. The van der Waals surface area contributed by atoms with Crippen molar-refractivity contribution < 1.29 is 8.42 Å². The number of nitrogens with two attached hydrogens (primary N) is 1. The van der Waals surface area contributed by atoms with Gasteiger partial charge in [-0.15, -0.1) is 11.3 Å². The van der Waals surface area contributed by atoms with Crippen molar-refractivity contribution in [3.8, 4) is 0 Å². The molecule has 0 bridgehead atoms. The fraction of sp³-hybridized carbons (Fsp3) is 0.286. The van der Waals surface area contributed by atoms with Crippen LogP contribution in [0.5, 0.6) is 0 Å². The van der Waals surface area contributed by atoms with Crippen LogP contribution in [-0.2, 0) is 16.4 Å². The lowest BCUT2D eigenvalue weighted by molar-refractivity contribution is 0.589. The van der Waals surface area contributed by atoms with Crippen LogP contribution in [0.2, 0.25) is 5.02 Å². The van der Waals surface area contributed by atoms with Gasteiger partial charge in [0.25, 0.3) is 10.0 Å². The van der Waals surface area contributed by atoms with Gasteiger partial charge in [0.1, 0.15) is 0 Å². The second-order valence-electron chi connectivity index (χ2n) is 4.95. The Balaban J connectivity index is 2.08. The van der Waals surface area contributed by atoms with Crippen LogP contribution in [0.1, 0.15) is 17.7 Å². The molecule has 2 heterocycles. The van der Waals surface area contributed by atoms with Crippen LogP contribution in [-0.4, -0.2) is 15.0 Å². The number of aryl methyl sites for hydroxylation is 1. The van der Waals surface area contributed by atoms with Crippen molar-refractivity contribution in [2.45, 2.75) is 24.2 Å². The second kappa shape index (κ2) is 5.51. The molecule has 0 saturated heterocycles. The standard InChI is InChI=1S/C14H15ClN2O2S2/c15-11-5-4-10(9-12(11)16)21(18,19)17-7-2-1-3-14-13(17)6-8-20-14/h4-6,8-9H,1-3,7,16H2. The second-order valence-corrected chi connectivity index (χ2v) is 8.22. The molecular weight excluding hydrogens is 328 g/mol. The maximum absolute atomic E-state index is 12.9. The Hall–Kier alpha value is -1.24. The molecule has 0 unspecified atom stereocenters. The first kappa shape index (κ1) is 14.7. The van der Waals surface area contributed by atoms with E-state index >= 15 is 0 Å². The number of sulfonamides is 1. The zero-order valence-electron chi connectivity index (χ0n) is 11.3. The quantitative estimate of drug-likeness (QED) is 0.849. The summed E-state index contributed by atoms with van der Waals surface area (Å²) >= 11 is 7.48. The Labute approximate surface area is 133 Å². The summed E-state index contributed by atoms with van der Waals surface area (Å²) in [5.41, 5.74) is 6.81. The number of nitrogen functional groups attached to an aromatic ring is 1. The average molecular weight is 343 g/mol. The van der Waals surface area contributed by atoms with E-state index in [1.54, 1.807) is 11.3 Å². The number of hydrogen-bond donors (Lipinski definition) is 1. The topological polar surface area (TPSA) is 63.4 Å². The molecule has 1 aromatic heterocycles. The van der Waals surface area contributed by atoms with Gasteiger partial charge in [0.05, 0.1) is 21.3 Å². The Bertz CT molecular complexity index is 771. The van der Waals surface area contributed by atoms with Gasteiger partial charge in [-0.1, -0.05) is 11.6 Å². The minimum Gasteiger partial charge on any atom is -0.397 e. The fourth-order valence-corrected chi connectivity index (χ4v) is 5.13. The van der Waals surface area contributed by atoms with Gasteiger partial charge in [0.2, 0.25) is 0 Å². The van der Waals surface area contributed by atoms with Gasteiger partial charge in [-0.2, -0.15) is 0 Å². The Morgan fingerprint density at radius 3 is 2.81 bits per heavy atom. The van der Waals surface area contributed by atoms with Gasteiger partial charge in [-0.05, 0) is 48.9 Å². The van der Waals surface area contributed by atoms with E-state index in [4.69, 9.17) is 17.3 Å². The van der Waals surface area contributed by atoms with E-state index < -0.39 is 10.0 Å². The fourth-order valence-electron chi connectivity index (χ4n) is 2.46. The lowest BCUT2D eigenvalue weighted by Crippen LogP contribution is -2.31. The van der Waals surface area contributed by atoms with E-state index in [1.807, 2.05) is 11.4 Å². The number of anilines is 2. The minimum absolute atomic E-state index is 0.184. The van der Waals surface area contributed by atoms with Crippen LogP contribution >= 0.6 is 22.9 Å². The van der Waals surface area contributed by atoms with Gasteiger partial charge < -0.3 is 5.73 Å². The Morgan fingerprint density at radius 1 is 1.24 bits per heavy atom. The van der Waals surface area contributed by atoms with Gasteiger partial charge >= 0.3 is 0 Å². The van der Waals surface area contributed by atoms with Crippen molar-refractivity contribution in [3.63, 3.8) is 0 Å². The van der Waals surface area contributed by atoms with Gasteiger partial charge in [0, 0.05) is 11.4 Å². The molecule has 1 aromatic carbocycles. The van der Waals surface area contributed by atoms with Crippen LogP contribution in [0, 0.1) is 0 Å². The predicted molar refractivity (Wildman–Crippen MR) is 87.7 cm³/mol. The third-order valence-electron chi connectivity index (χ3n) is 3.56. The lowest BCUT2D eigenvalue weighted by atomic mass is 10.2. The summed E-state index contributed by atoms with van der Waals surface area (Å²) in [4.78, 5) is 1.31. The van der Waals surface area contributed by atoms with Crippen molar-refractivity contribution in [2.75, 3.05) is 16.6 Å². The molecule has 1 aliphatic heterocycles. The highest BCUT2D eigenvalue weighted by molar-refractivity contribution is 7.92. The lowest BCUT2D eigenvalue weighted by Gasteiger charge is -2.23. The first-order valence-electron chi connectivity index (χ1n) is 6.64. The number of halogens is 1. The predicted octanol–water partition coefficient (Wildman–Crippen LogP) is 3.52. The molecule has 0 radical (unpaired) electrons. The maximum Gasteiger partial charge on any atom is 0.264 e. The van der Waals surface area contributed by atoms with Crippen molar-refractivity contribution in [3.05, 3.63) is 39.5 Å². The van der Waals surface area contributed by atoms with E-state index in [-0.39, 0.29) is 10.6 Å². The van der Waals surface area contributed by atoms with E-state index in [0.717, 1.165) is 29.8 Å². The summed E-state index contributed by atoms with van der Waals surface area (Å²) in [6.07, 6.45) is 2.79. The molecule has 0 spiro atoms. The van der Waals surface area contributed by atoms with Gasteiger partial charge in [0.15, 0.2) is 0 Å². The molecule has 2 N–H and O–H groups in total. The smallest absolute Gasteiger partial charge is 0.264 e. The van der Waals surface area contributed by atoms with Crippen LogP contribution < -0.4 is 10.0 Å². The molecule has 0 fully saturated rings. The van der Waals surface area contributed by atoms with Crippen LogP contribution in [0.4, 0.5) is 11.4 Å². The Morgan fingerprint density at radius 2 is 2.05 bits per heavy atom. The molecule has 0 aliphatic carbocycles. The van der Waals surface area contributed by atoms with E-state index in [9.17, 15) is 8.42 Å². The SMILES string of the molecule is Nc1cc(S(=O)(=O)N2CCCCc3sccc32)ccc1Cl. The van der Waals surface area contributed by atoms with E-state index in [1.165, 1.54) is 22.5 Å². The molecule has 0 amide bonds. The third-order valence-corrected chi connectivity index (χ3v) is 6.68. The molecule has 3 rings (SSSR count). The van der Waals surface area contributed by atoms with Crippen LogP contribution in [0.3, 0.4) is 0 Å². The summed E-state index contributed by atoms with van der Waals surface area (Å²) in [7, 11) is -3.61. The summed E-state index contributed by atoms with van der Waals surface area (Å²) in [6, 6.07) is 6.33. The van der Waals surface area contributed by atoms with Crippen molar-refractivity contribution in [2.24, 2.45) is 0 Å². The first-order chi connectivity index (χ1) is 10.00. The van der Waals surface area contributed by atoms with Gasteiger partial charge in [-0.3, -0.25) is 4.31 Å². The zero-order chi connectivity index (χ0) is 15.0. The van der Waals surface area contributed by atoms with E-state index in [2.05, 4.69) is 0 Å². The van der Waals surface area contributed by atoms with E-state index in [0.29, 0.717) is 11.6 Å². The molecule has 7 heteroatoms. The molecule has 0 atom stereocenters. The highest BCUT2D eigenvalue weighted by Gasteiger charge is 2.28. The number of thiophene rings is 1. The normalized spacial score (nSPS) is 15.6. The van der Waals surface area contributed by atoms with Crippen molar-refractivity contribution in [1.82, 2.24) is 0 Å². The number of benzene rings is 1. The number of hydrogen-bond acceptors (Lipinski definition) is 4. The molecule has 0 saturated carbocycles. The number of nitrogens with zero attached hydrogens (tertiary/aromatic N) is 1. The summed E-state index contributed by atoms with van der Waals surface area (Å²) in [5.74, 6) is 0. The van der Waals surface area contributed by atoms with Crippen LogP contribution in [0.25, 0.3) is 0 Å². The molecule has 21 heavy (non-hydrogen) atoms. The first-order valence-corrected chi connectivity index (χ1v) is 9.34. The summed E-state index contributed by atoms with van der Waals surface area (Å²) in [5, 5.41) is 2.30. The average Bonchev–Trinajstić information content (AvgIpc) is 2.80. The van der Waals surface area contributed by atoms with Crippen molar-refractivity contribution in [1.29, 1.82) is 0 Å². The van der Waals surface area contributed by atoms with Crippen LogP contribution in [0.15, 0.2) is 34.5 Å². The molecule has 1 aliphatic rings. The molecule has 4 nitrogen and oxygen atoms in total. The van der Waals surface area contributed by atoms with Crippen molar-refractivity contribution >= 4 is 44.3 Å². The highest BCUT2D eigenvalue weighted by Crippen LogP contribution is 2.35. The highest BCUT2D eigenvalue weighted by atomic mass is 35.5. The molecule has 2 aromatic rings. The molecular formula is C14H15ClN2O2S2. The monoisotopic (exact) mass is 342 g/mol. The maximum atomic E-state index is 12.9. The zero-order valence-corrected chi connectivity index (χ0v) is 13.6. The van der Waals surface area contributed by atoms with Gasteiger partial charge in [-0.25, -0.2) is 8.42 Å². The largest absolute Gasteiger partial charge is 0.397 e. The number of fused-ring (bicyclic) bond motifs is 1. The molecule has 112 valence electrons. The summed E-state index contributed by atoms with van der Waals surface area (Å²) < 4.78 is 27.3. The third kappa shape index (κ3) is 2.63. The Kier molecular flexibility index (Phi) is 3.86. The summed E-state index contributed by atoms with van der Waals surface area (Å²) in [6.45, 7) is 0.495. The minimum atomic E-state index is -3.61.